The number of alkyl carbamates (subject to hydrolysis) is 1. The molecule has 2 saturated carbocycles. The van der Waals surface area contributed by atoms with Crippen molar-refractivity contribution in [3.8, 4) is 0 Å². The monoisotopic (exact) mass is 626 g/mol. The largest absolute Gasteiger partial charge is 0.444 e. The molecule has 4 amide bonds. The Kier molecular flexibility index (Phi) is 9.53. The van der Waals surface area contributed by atoms with Crippen LogP contribution >= 0.6 is 0 Å². The average molecular weight is 627 g/mol. The number of hydrogen-bond acceptors (Lipinski definition) is 9. The number of amides is 4. The van der Waals surface area contributed by atoms with Crippen molar-refractivity contribution >= 4 is 33.8 Å². The summed E-state index contributed by atoms with van der Waals surface area (Å²) in [5, 5.41) is 4.87. The Morgan fingerprint density at radius 1 is 1.09 bits per heavy atom. The first-order valence-electron chi connectivity index (χ1n) is 15.0. The average Bonchev–Trinajstić information content (AvgIpc) is 3.77. The van der Waals surface area contributed by atoms with Gasteiger partial charge in [0.15, 0.2) is 0 Å². The molecule has 0 aromatic heterocycles. The molecule has 13 nitrogen and oxygen atoms in total. The molecule has 0 aromatic carbocycles. The molecule has 14 heteroatoms. The number of ether oxygens (including phenoxy) is 3. The lowest BCUT2D eigenvalue weighted by atomic mass is 10.1. The van der Waals surface area contributed by atoms with Gasteiger partial charge in [-0.3, -0.25) is 19.1 Å². The number of fused-ring (bicyclic) bond motifs is 2. The fourth-order valence-corrected chi connectivity index (χ4v) is 6.87. The summed E-state index contributed by atoms with van der Waals surface area (Å²) in [6.07, 6.45) is 4.25. The van der Waals surface area contributed by atoms with E-state index in [9.17, 15) is 27.6 Å². The van der Waals surface area contributed by atoms with E-state index in [4.69, 9.17) is 14.2 Å². The zero-order valence-corrected chi connectivity index (χ0v) is 26.8. The highest BCUT2D eigenvalue weighted by Gasteiger charge is 2.62. The molecule has 242 valence electrons. The summed E-state index contributed by atoms with van der Waals surface area (Å²) in [6.45, 7) is 11.4. The third-order valence-corrected chi connectivity index (χ3v) is 9.50. The summed E-state index contributed by atoms with van der Waals surface area (Å²) in [7, 11) is -3.85. The van der Waals surface area contributed by atoms with Gasteiger partial charge in [0.2, 0.25) is 21.8 Å². The SMILES string of the molecule is CC(C)(C)OC(=O)N[C@H]1CCCOC/C=C\[C@H]2C[C@@]2(C(=O)NS(=O)(=O)C2CC2)NC(=O)[C@@H]2C[C@@H](OC(C)(C)C)CN2C1=O. The van der Waals surface area contributed by atoms with E-state index in [1.807, 2.05) is 20.8 Å². The van der Waals surface area contributed by atoms with E-state index in [0.717, 1.165) is 0 Å². The van der Waals surface area contributed by atoms with E-state index >= 15 is 0 Å². The molecule has 2 aliphatic carbocycles. The topological polar surface area (TPSA) is 169 Å². The standard InChI is InChI=1S/C29H46N4O9S/c1-27(2,3)41-19-15-22-23(34)31-29(25(36)32-43(38,39)20-11-12-20)16-18(29)9-7-13-40-14-8-10-21(24(35)33(22)17-19)30-26(37)42-28(4,5)6/h7,9,18-22H,8,10-17H2,1-6H3,(H,30,37)(H,31,34)(H,32,36)/b9-7-/t18-,19+,21-,22-,29+/m0/s1. The Bertz CT molecular complexity index is 1240. The third-order valence-electron chi connectivity index (χ3n) is 7.69. The summed E-state index contributed by atoms with van der Waals surface area (Å²) >= 11 is 0. The molecule has 5 atom stereocenters. The lowest BCUT2D eigenvalue weighted by Crippen LogP contribution is -2.58. The summed E-state index contributed by atoms with van der Waals surface area (Å²) < 4.78 is 44.6. The van der Waals surface area contributed by atoms with Gasteiger partial charge in [-0.15, -0.1) is 0 Å². The first-order chi connectivity index (χ1) is 19.9. The van der Waals surface area contributed by atoms with Gasteiger partial charge < -0.3 is 29.7 Å². The minimum atomic E-state index is -3.85. The second-order valence-corrected chi connectivity index (χ2v) is 15.8. The van der Waals surface area contributed by atoms with Gasteiger partial charge in [-0.25, -0.2) is 13.2 Å². The van der Waals surface area contributed by atoms with Crippen LogP contribution in [0.15, 0.2) is 12.2 Å². The van der Waals surface area contributed by atoms with Crippen molar-refractivity contribution in [3.05, 3.63) is 12.2 Å². The Labute approximate surface area is 253 Å². The van der Waals surface area contributed by atoms with Crippen LogP contribution in [0.1, 0.15) is 80.1 Å². The van der Waals surface area contributed by atoms with Crippen LogP contribution in [-0.2, 0) is 38.6 Å². The third kappa shape index (κ3) is 8.69. The lowest BCUT2D eigenvalue weighted by molar-refractivity contribution is -0.141. The van der Waals surface area contributed by atoms with Crippen LogP contribution in [0.3, 0.4) is 0 Å². The zero-order valence-electron chi connectivity index (χ0n) is 25.9. The molecule has 2 aliphatic heterocycles. The number of rotatable bonds is 5. The molecule has 4 aliphatic rings. The highest BCUT2D eigenvalue weighted by atomic mass is 32.2. The first-order valence-corrected chi connectivity index (χ1v) is 16.6. The quantitative estimate of drug-likeness (QED) is 0.383. The Morgan fingerprint density at radius 2 is 1.79 bits per heavy atom. The van der Waals surface area contributed by atoms with Crippen LogP contribution in [0.2, 0.25) is 0 Å². The molecule has 4 rings (SSSR count). The van der Waals surface area contributed by atoms with E-state index in [1.165, 1.54) is 4.90 Å². The van der Waals surface area contributed by atoms with E-state index in [-0.39, 0.29) is 32.4 Å². The highest BCUT2D eigenvalue weighted by molar-refractivity contribution is 7.91. The van der Waals surface area contributed by atoms with Gasteiger partial charge in [0.05, 0.1) is 23.6 Å². The maximum atomic E-state index is 14.0. The molecule has 3 N–H and O–H groups in total. The van der Waals surface area contributed by atoms with Gasteiger partial charge in [-0.2, -0.15) is 0 Å². The van der Waals surface area contributed by atoms with Crippen molar-refractivity contribution in [3.63, 3.8) is 0 Å². The first kappa shape index (κ1) is 33.2. The van der Waals surface area contributed by atoms with Crippen LogP contribution in [0, 0.1) is 5.92 Å². The molecule has 43 heavy (non-hydrogen) atoms. The smallest absolute Gasteiger partial charge is 0.408 e. The van der Waals surface area contributed by atoms with Crippen LogP contribution in [0.4, 0.5) is 4.79 Å². The molecule has 0 aromatic rings. The number of nitrogens with zero attached hydrogens (tertiary/aromatic N) is 1. The zero-order chi connectivity index (χ0) is 31.8. The maximum Gasteiger partial charge on any atom is 0.408 e. The minimum absolute atomic E-state index is 0.0930. The minimum Gasteiger partial charge on any atom is -0.444 e. The Balaban J connectivity index is 1.62. The van der Waals surface area contributed by atoms with Crippen molar-refractivity contribution < 1.29 is 41.8 Å². The van der Waals surface area contributed by atoms with Gasteiger partial charge in [-0.1, -0.05) is 12.2 Å². The summed E-state index contributed by atoms with van der Waals surface area (Å²) in [6, 6.07) is -2.02. The summed E-state index contributed by atoms with van der Waals surface area (Å²) in [5.74, 6) is -2.32. The molecule has 2 heterocycles. The molecule has 3 fully saturated rings. The molecular weight excluding hydrogens is 580 g/mol. The van der Waals surface area contributed by atoms with Gasteiger partial charge >= 0.3 is 6.09 Å². The van der Waals surface area contributed by atoms with Gasteiger partial charge in [0.1, 0.15) is 23.2 Å². The van der Waals surface area contributed by atoms with Crippen LogP contribution in [-0.4, -0.2) is 97.1 Å². The van der Waals surface area contributed by atoms with Crippen molar-refractivity contribution in [2.45, 2.75) is 120 Å². The fraction of sp³-hybridized carbons (Fsp3) is 0.793. The van der Waals surface area contributed by atoms with E-state index in [2.05, 4.69) is 15.4 Å². The molecule has 0 unspecified atom stereocenters. The Hall–Kier alpha value is -2.71. The fourth-order valence-electron chi connectivity index (χ4n) is 5.51. The van der Waals surface area contributed by atoms with E-state index < -0.39 is 79.9 Å². The summed E-state index contributed by atoms with van der Waals surface area (Å²) in [4.78, 5) is 55.4. The molecule has 0 bridgehead atoms. The maximum absolute atomic E-state index is 14.0. The molecule has 0 radical (unpaired) electrons. The van der Waals surface area contributed by atoms with E-state index in [1.54, 1.807) is 32.9 Å². The molecule has 1 saturated heterocycles. The molecular formula is C29H46N4O9S. The number of carbonyl (C=O) groups excluding carboxylic acids is 4. The van der Waals surface area contributed by atoms with Crippen molar-refractivity contribution in [2.24, 2.45) is 5.92 Å². The number of hydrogen-bond donors (Lipinski definition) is 3. The van der Waals surface area contributed by atoms with Crippen molar-refractivity contribution in [2.75, 3.05) is 19.8 Å². The van der Waals surface area contributed by atoms with Crippen molar-refractivity contribution in [1.29, 1.82) is 0 Å². The number of carbonyl (C=O) groups is 4. The van der Waals surface area contributed by atoms with Gasteiger partial charge in [0.25, 0.3) is 5.91 Å². The van der Waals surface area contributed by atoms with Crippen LogP contribution in [0.25, 0.3) is 0 Å². The predicted octanol–water partition coefficient (Wildman–Crippen LogP) is 1.51. The van der Waals surface area contributed by atoms with Crippen LogP contribution < -0.4 is 15.4 Å². The highest BCUT2D eigenvalue weighted by Crippen LogP contribution is 2.46. The normalized spacial score (nSPS) is 31.4. The van der Waals surface area contributed by atoms with Gasteiger partial charge in [0, 0.05) is 25.5 Å². The second-order valence-electron chi connectivity index (χ2n) is 13.9. The van der Waals surface area contributed by atoms with Crippen molar-refractivity contribution in [1.82, 2.24) is 20.3 Å². The molecule has 0 spiro atoms. The predicted molar refractivity (Wildman–Crippen MR) is 156 cm³/mol. The number of nitrogens with one attached hydrogen (secondary N) is 3. The van der Waals surface area contributed by atoms with Gasteiger partial charge in [-0.05, 0) is 73.6 Å². The lowest BCUT2D eigenvalue weighted by Gasteiger charge is -2.30. The Morgan fingerprint density at radius 3 is 2.42 bits per heavy atom. The van der Waals surface area contributed by atoms with E-state index in [0.29, 0.717) is 25.9 Å². The second kappa shape index (κ2) is 12.4. The summed E-state index contributed by atoms with van der Waals surface area (Å²) in [5.41, 5.74) is -2.83. The number of sulfonamides is 1. The van der Waals surface area contributed by atoms with Crippen LogP contribution in [0.5, 0.6) is 0 Å².